The molecule has 0 aliphatic carbocycles. The number of nitrogens with zero attached hydrogens (tertiary/aromatic N) is 2. The van der Waals surface area contributed by atoms with Gasteiger partial charge in [-0.25, -0.2) is 4.98 Å². The number of amides is 1. The number of carbonyl (C=O) groups is 1. The fourth-order valence-corrected chi connectivity index (χ4v) is 1.66. The minimum absolute atomic E-state index is 0.247. The predicted octanol–water partition coefficient (Wildman–Crippen LogP) is 2.63. The average molecular weight is 250 g/mol. The first-order chi connectivity index (χ1) is 8.08. The Morgan fingerprint density at radius 2 is 2.24 bits per heavy atom. The van der Waals surface area contributed by atoms with Crippen LogP contribution in [0.25, 0.3) is 0 Å². The zero-order chi connectivity index (χ0) is 12.4. The Hall–Kier alpha value is -1.81. The lowest BCUT2D eigenvalue weighted by Crippen LogP contribution is -2.17. The number of halogens is 1. The van der Waals surface area contributed by atoms with Crippen LogP contribution in [-0.2, 0) is 7.05 Å². The van der Waals surface area contributed by atoms with E-state index in [4.69, 9.17) is 11.6 Å². The minimum Gasteiger partial charge on any atom is -0.330 e. The molecular weight excluding hydrogens is 238 g/mol. The molecule has 1 N–H and O–H groups in total. The van der Waals surface area contributed by atoms with Gasteiger partial charge in [0.1, 0.15) is 0 Å². The summed E-state index contributed by atoms with van der Waals surface area (Å²) in [6.45, 7) is 1.91. The zero-order valence-electron chi connectivity index (χ0n) is 9.57. The van der Waals surface area contributed by atoms with E-state index in [9.17, 15) is 4.79 Å². The number of rotatable bonds is 2. The maximum absolute atomic E-state index is 11.9. The van der Waals surface area contributed by atoms with Crippen LogP contribution in [0.15, 0.2) is 30.6 Å². The van der Waals surface area contributed by atoms with E-state index >= 15 is 0 Å². The third-order valence-electron chi connectivity index (χ3n) is 2.47. The molecule has 1 aromatic carbocycles. The van der Waals surface area contributed by atoms with Crippen molar-refractivity contribution in [2.75, 3.05) is 5.32 Å². The molecule has 2 rings (SSSR count). The van der Waals surface area contributed by atoms with Crippen LogP contribution < -0.4 is 5.32 Å². The number of aromatic nitrogens is 2. The molecule has 1 aromatic heterocycles. The van der Waals surface area contributed by atoms with Gasteiger partial charge in [0.25, 0.3) is 5.91 Å². The van der Waals surface area contributed by atoms with E-state index in [0.29, 0.717) is 16.5 Å². The Balaban J connectivity index is 2.24. The molecule has 0 aliphatic rings. The molecule has 0 saturated heterocycles. The van der Waals surface area contributed by atoms with Crippen LogP contribution in [0.3, 0.4) is 0 Å². The van der Waals surface area contributed by atoms with Crippen molar-refractivity contribution in [2.24, 2.45) is 7.05 Å². The van der Waals surface area contributed by atoms with Crippen LogP contribution in [0.4, 0.5) is 5.69 Å². The normalized spacial score (nSPS) is 10.3. The molecule has 0 fully saturated rings. The van der Waals surface area contributed by atoms with Gasteiger partial charge in [0.15, 0.2) is 5.82 Å². The number of hydrogen-bond acceptors (Lipinski definition) is 2. The van der Waals surface area contributed by atoms with E-state index in [1.165, 1.54) is 0 Å². The number of imidazole rings is 1. The largest absolute Gasteiger partial charge is 0.330 e. The highest BCUT2D eigenvalue weighted by Crippen LogP contribution is 2.20. The Bertz CT molecular complexity index is 563. The van der Waals surface area contributed by atoms with Gasteiger partial charge in [-0.2, -0.15) is 0 Å². The average Bonchev–Trinajstić information content (AvgIpc) is 2.70. The molecule has 5 heteroatoms. The molecule has 2 aromatic rings. The summed E-state index contributed by atoms with van der Waals surface area (Å²) >= 11 is 5.88. The van der Waals surface area contributed by atoms with Crippen LogP contribution >= 0.6 is 11.6 Å². The summed E-state index contributed by atoms with van der Waals surface area (Å²) in [7, 11) is 1.77. The third-order valence-corrected chi connectivity index (χ3v) is 2.71. The summed E-state index contributed by atoms with van der Waals surface area (Å²) in [5, 5.41) is 3.38. The molecule has 1 heterocycles. The first kappa shape index (κ1) is 11.7. The second-order valence-corrected chi connectivity index (χ2v) is 4.21. The van der Waals surface area contributed by atoms with Crippen molar-refractivity contribution in [3.8, 4) is 0 Å². The van der Waals surface area contributed by atoms with Gasteiger partial charge in [-0.05, 0) is 24.6 Å². The summed E-state index contributed by atoms with van der Waals surface area (Å²) in [6, 6.07) is 5.36. The highest BCUT2D eigenvalue weighted by Gasteiger charge is 2.12. The molecule has 0 bridgehead atoms. The predicted molar refractivity (Wildman–Crippen MR) is 67.4 cm³/mol. The molecular formula is C12H12ClN3O. The van der Waals surface area contributed by atoms with Crippen LogP contribution in [-0.4, -0.2) is 15.5 Å². The molecule has 1 amide bonds. The maximum Gasteiger partial charge on any atom is 0.291 e. The lowest BCUT2D eigenvalue weighted by molar-refractivity contribution is 0.101. The van der Waals surface area contributed by atoms with Gasteiger partial charge < -0.3 is 9.88 Å². The van der Waals surface area contributed by atoms with Crippen molar-refractivity contribution < 1.29 is 4.79 Å². The summed E-state index contributed by atoms with van der Waals surface area (Å²) in [6.07, 6.45) is 3.31. The number of aryl methyl sites for hydroxylation is 2. The van der Waals surface area contributed by atoms with Crippen LogP contribution in [0.5, 0.6) is 0 Å². The highest BCUT2D eigenvalue weighted by molar-refractivity contribution is 6.31. The Morgan fingerprint density at radius 1 is 1.47 bits per heavy atom. The molecule has 0 saturated carbocycles. The summed E-state index contributed by atoms with van der Waals surface area (Å²) < 4.78 is 1.66. The topological polar surface area (TPSA) is 46.9 Å². The van der Waals surface area contributed by atoms with Crippen molar-refractivity contribution in [1.82, 2.24) is 9.55 Å². The van der Waals surface area contributed by atoms with E-state index in [2.05, 4.69) is 10.3 Å². The molecule has 0 aliphatic heterocycles. The summed E-state index contributed by atoms with van der Waals surface area (Å²) in [5.41, 5.74) is 1.66. The number of nitrogens with one attached hydrogen (secondary N) is 1. The fraction of sp³-hybridized carbons (Fsp3) is 0.167. The van der Waals surface area contributed by atoms with Gasteiger partial charge >= 0.3 is 0 Å². The Labute approximate surface area is 104 Å². The number of benzene rings is 1. The molecule has 0 radical (unpaired) electrons. The van der Waals surface area contributed by atoms with Crippen LogP contribution in [0.2, 0.25) is 5.02 Å². The highest BCUT2D eigenvalue weighted by atomic mass is 35.5. The van der Waals surface area contributed by atoms with Crippen molar-refractivity contribution >= 4 is 23.2 Å². The summed E-state index contributed by atoms with van der Waals surface area (Å²) in [4.78, 5) is 15.9. The van der Waals surface area contributed by atoms with Gasteiger partial charge in [0, 0.05) is 30.2 Å². The van der Waals surface area contributed by atoms with Crippen molar-refractivity contribution in [3.63, 3.8) is 0 Å². The van der Waals surface area contributed by atoms with E-state index in [-0.39, 0.29) is 5.91 Å². The monoisotopic (exact) mass is 249 g/mol. The van der Waals surface area contributed by atoms with Crippen molar-refractivity contribution in [3.05, 3.63) is 47.0 Å². The Kier molecular flexibility index (Phi) is 3.15. The van der Waals surface area contributed by atoms with E-state index in [1.54, 1.807) is 36.1 Å². The smallest absolute Gasteiger partial charge is 0.291 e. The second-order valence-electron chi connectivity index (χ2n) is 3.78. The van der Waals surface area contributed by atoms with Crippen molar-refractivity contribution in [1.29, 1.82) is 0 Å². The quantitative estimate of drug-likeness (QED) is 0.889. The van der Waals surface area contributed by atoms with Gasteiger partial charge in [-0.1, -0.05) is 17.7 Å². The van der Waals surface area contributed by atoms with Gasteiger partial charge in [0.05, 0.1) is 0 Å². The lowest BCUT2D eigenvalue weighted by atomic mass is 10.2. The van der Waals surface area contributed by atoms with Gasteiger partial charge in [0.2, 0.25) is 0 Å². The molecule has 17 heavy (non-hydrogen) atoms. The van der Waals surface area contributed by atoms with Gasteiger partial charge in [-0.3, -0.25) is 4.79 Å². The number of hydrogen-bond donors (Lipinski definition) is 1. The Morgan fingerprint density at radius 3 is 2.88 bits per heavy atom. The first-order valence-corrected chi connectivity index (χ1v) is 5.50. The second kappa shape index (κ2) is 4.59. The summed E-state index contributed by atoms with van der Waals surface area (Å²) in [5.74, 6) is 0.118. The third kappa shape index (κ3) is 2.47. The SMILES string of the molecule is Cc1ccc(Cl)cc1NC(=O)c1nccn1C. The molecule has 88 valence electrons. The first-order valence-electron chi connectivity index (χ1n) is 5.13. The standard InChI is InChI=1S/C12H12ClN3O/c1-8-3-4-9(13)7-10(8)15-12(17)11-14-5-6-16(11)2/h3-7H,1-2H3,(H,15,17). The minimum atomic E-state index is -0.247. The van der Waals surface area contributed by atoms with Crippen LogP contribution in [0, 0.1) is 6.92 Å². The molecule has 0 unspecified atom stereocenters. The van der Waals surface area contributed by atoms with Crippen molar-refractivity contribution in [2.45, 2.75) is 6.92 Å². The zero-order valence-corrected chi connectivity index (χ0v) is 10.3. The molecule has 0 spiro atoms. The maximum atomic E-state index is 11.9. The van der Waals surface area contributed by atoms with E-state index < -0.39 is 0 Å². The molecule has 4 nitrogen and oxygen atoms in total. The van der Waals surface area contributed by atoms with Crippen LogP contribution in [0.1, 0.15) is 16.2 Å². The fourth-order valence-electron chi connectivity index (χ4n) is 1.49. The van der Waals surface area contributed by atoms with E-state index in [0.717, 1.165) is 5.56 Å². The van der Waals surface area contributed by atoms with E-state index in [1.807, 2.05) is 13.0 Å². The van der Waals surface area contributed by atoms with Gasteiger partial charge in [-0.15, -0.1) is 0 Å². The molecule has 0 atom stereocenters. The lowest BCUT2D eigenvalue weighted by Gasteiger charge is -2.08. The number of anilines is 1. The number of carbonyl (C=O) groups excluding carboxylic acids is 1.